The lowest BCUT2D eigenvalue weighted by atomic mass is 9.97. The van der Waals surface area contributed by atoms with Crippen molar-refractivity contribution >= 4 is 10.8 Å². The van der Waals surface area contributed by atoms with Crippen LogP contribution in [0.25, 0.3) is 10.8 Å². The number of aliphatic hydroxyl groups is 1. The van der Waals surface area contributed by atoms with E-state index in [4.69, 9.17) is 4.74 Å². The van der Waals surface area contributed by atoms with E-state index in [1.807, 2.05) is 36.4 Å². The van der Waals surface area contributed by atoms with E-state index in [2.05, 4.69) is 6.92 Å². The number of aliphatic hydroxyl groups excluding tert-OH is 1. The van der Waals surface area contributed by atoms with Crippen LogP contribution in [0.15, 0.2) is 36.4 Å². The minimum absolute atomic E-state index is 0.393. The predicted molar refractivity (Wildman–Crippen MR) is 70.4 cm³/mol. The van der Waals surface area contributed by atoms with Gasteiger partial charge in [0.15, 0.2) is 0 Å². The molecular weight excluding hydrogens is 212 g/mol. The highest BCUT2D eigenvalue weighted by Crippen LogP contribution is 2.32. The highest BCUT2D eigenvalue weighted by atomic mass is 16.5. The molecule has 0 radical (unpaired) electrons. The highest BCUT2D eigenvalue weighted by molar-refractivity contribution is 5.91. The van der Waals surface area contributed by atoms with E-state index in [1.165, 1.54) is 0 Å². The fourth-order valence-corrected chi connectivity index (χ4v) is 2.19. The van der Waals surface area contributed by atoms with Crippen molar-refractivity contribution in [3.05, 3.63) is 42.0 Å². The van der Waals surface area contributed by atoms with E-state index < -0.39 is 6.10 Å². The number of rotatable bonds is 4. The summed E-state index contributed by atoms with van der Waals surface area (Å²) in [5.74, 6) is 0.855. The Labute approximate surface area is 102 Å². The smallest absolute Gasteiger partial charge is 0.126 e. The molecule has 2 nitrogen and oxygen atoms in total. The SMILES string of the molecule is CCCC(O)c1ccc(OC)c2ccccc12. The first-order valence-electron chi connectivity index (χ1n) is 6.01. The van der Waals surface area contributed by atoms with Crippen LogP contribution in [0.1, 0.15) is 31.4 Å². The van der Waals surface area contributed by atoms with Gasteiger partial charge in [-0.05, 0) is 23.4 Å². The second-order valence-electron chi connectivity index (χ2n) is 4.21. The Morgan fingerprint density at radius 2 is 1.82 bits per heavy atom. The molecular formula is C15H18O2. The van der Waals surface area contributed by atoms with E-state index >= 15 is 0 Å². The maximum atomic E-state index is 10.1. The first-order chi connectivity index (χ1) is 8.27. The minimum Gasteiger partial charge on any atom is -0.496 e. The summed E-state index contributed by atoms with van der Waals surface area (Å²) in [6.45, 7) is 2.08. The van der Waals surface area contributed by atoms with Crippen LogP contribution in [-0.4, -0.2) is 12.2 Å². The third-order valence-electron chi connectivity index (χ3n) is 3.06. The summed E-state index contributed by atoms with van der Waals surface area (Å²) in [7, 11) is 1.67. The molecule has 1 atom stereocenters. The lowest BCUT2D eigenvalue weighted by Gasteiger charge is -2.14. The van der Waals surface area contributed by atoms with Gasteiger partial charge in [-0.15, -0.1) is 0 Å². The number of ether oxygens (including phenoxy) is 1. The Kier molecular flexibility index (Phi) is 3.64. The standard InChI is InChI=1S/C15H18O2/c1-3-6-14(16)12-9-10-15(17-2)13-8-5-4-7-11(12)13/h4-5,7-10,14,16H,3,6H2,1-2H3. The maximum absolute atomic E-state index is 10.1. The first kappa shape index (κ1) is 11.9. The molecule has 17 heavy (non-hydrogen) atoms. The van der Waals surface area contributed by atoms with E-state index in [0.29, 0.717) is 0 Å². The Morgan fingerprint density at radius 1 is 1.12 bits per heavy atom. The van der Waals surface area contributed by atoms with Crippen LogP contribution in [0.4, 0.5) is 0 Å². The summed E-state index contributed by atoms with van der Waals surface area (Å²) >= 11 is 0. The van der Waals surface area contributed by atoms with Gasteiger partial charge < -0.3 is 9.84 Å². The molecule has 0 saturated heterocycles. The monoisotopic (exact) mass is 230 g/mol. The molecule has 0 heterocycles. The topological polar surface area (TPSA) is 29.5 Å². The van der Waals surface area contributed by atoms with Gasteiger partial charge in [-0.1, -0.05) is 43.7 Å². The number of benzene rings is 2. The second kappa shape index (κ2) is 5.19. The Bertz CT molecular complexity index is 505. The molecule has 0 aromatic heterocycles. The summed E-state index contributed by atoms with van der Waals surface area (Å²) < 4.78 is 5.34. The van der Waals surface area contributed by atoms with Gasteiger partial charge in [-0.3, -0.25) is 0 Å². The molecule has 1 N–H and O–H groups in total. The molecule has 0 saturated carbocycles. The van der Waals surface area contributed by atoms with Crippen molar-refractivity contribution in [3.63, 3.8) is 0 Å². The number of methoxy groups -OCH3 is 1. The van der Waals surface area contributed by atoms with E-state index in [-0.39, 0.29) is 0 Å². The van der Waals surface area contributed by atoms with Crippen molar-refractivity contribution in [2.24, 2.45) is 0 Å². The lowest BCUT2D eigenvalue weighted by molar-refractivity contribution is 0.168. The van der Waals surface area contributed by atoms with Gasteiger partial charge in [0, 0.05) is 5.39 Å². The second-order valence-corrected chi connectivity index (χ2v) is 4.21. The number of hydrogen-bond donors (Lipinski definition) is 1. The molecule has 1 unspecified atom stereocenters. The van der Waals surface area contributed by atoms with Crippen LogP contribution in [0.3, 0.4) is 0 Å². The third-order valence-corrected chi connectivity index (χ3v) is 3.06. The normalized spacial score (nSPS) is 12.6. The Hall–Kier alpha value is -1.54. The van der Waals surface area contributed by atoms with Gasteiger partial charge in [0.1, 0.15) is 5.75 Å². The molecule has 0 aliphatic carbocycles. The van der Waals surface area contributed by atoms with Crippen molar-refractivity contribution in [3.8, 4) is 5.75 Å². The molecule has 0 amide bonds. The van der Waals surface area contributed by atoms with Crippen molar-refractivity contribution in [2.75, 3.05) is 7.11 Å². The average molecular weight is 230 g/mol. The van der Waals surface area contributed by atoms with Gasteiger partial charge in [0.25, 0.3) is 0 Å². The van der Waals surface area contributed by atoms with Crippen molar-refractivity contribution in [1.29, 1.82) is 0 Å². The summed E-state index contributed by atoms with van der Waals surface area (Å²) in [4.78, 5) is 0. The first-order valence-corrected chi connectivity index (χ1v) is 6.01. The molecule has 2 aromatic rings. The summed E-state index contributed by atoms with van der Waals surface area (Å²) in [5, 5.41) is 12.3. The fraction of sp³-hybridized carbons (Fsp3) is 0.333. The van der Waals surface area contributed by atoms with Gasteiger partial charge in [0.05, 0.1) is 13.2 Å². The minimum atomic E-state index is -0.393. The number of hydrogen-bond acceptors (Lipinski definition) is 2. The largest absolute Gasteiger partial charge is 0.496 e. The van der Waals surface area contributed by atoms with Gasteiger partial charge in [-0.2, -0.15) is 0 Å². The zero-order valence-electron chi connectivity index (χ0n) is 10.3. The fourth-order valence-electron chi connectivity index (χ4n) is 2.19. The molecule has 0 spiro atoms. The number of fused-ring (bicyclic) bond motifs is 1. The van der Waals surface area contributed by atoms with Crippen LogP contribution >= 0.6 is 0 Å². The van der Waals surface area contributed by atoms with Crippen LogP contribution in [-0.2, 0) is 0 Å². The summed E-state index contributed by atoms with van der Waals surface area (Å²) in [6, 6.07) is 11.9. The lowest BCUT2D eigenvalue weighted by Crippen LogP contribution is -1.98. The zero-order chi connectivity index (χ0) is 12.3. The van der Waals surface area contributed by atoms with Crippen LogP contribution in [0.2, 0.25) is 0 Å². The molecule has 0 aliphatic heterocycles. The Balaban J connectivity index is 2.58. The quantitative estimate of drug-likeness (QED) is 0.868. The van der Waals surface area contributed by atoms with E-state index in [0.717, 1.165) is 34.9 Å². The van der Waals surface area contributed by atoms with Crippen LogP contribution in [0, 0.1) is 0 Å². The molecule has 90 valence electrons. The van der Waals surface area contributed by atoms with Gasteiger partial charge in [0.2, 0.25) is 0 Å². The maximum Gasteiger partial charge on any atom is 0.126 e. The summed E-state index contributed by atoms with van der Waals surface area (Å²) in [5.41, 5.74) is 0.989. The zero-order valence-corrected chi connectivity index (χ0v) is 10.3. The molecule has 0 fully saturated rings. The van der Waals surface area contributed by atoms with Gasteiger partial charge >= 0.3 is 0 Å². The van der Waals surface area contributed by atoms with Crippen LogP contribution < -0.4 is 4.74 Å². The average Bonchev–Trinajstić information content (AvgIpc) is 2.37. The van der Waals surface area contributed by atoms with Crippen molar-refractivity contribution in [1.82, 2.24) is 0 Å². The van der Waals surface area contributed by atoms with Gasteiger partial charge in [-0.25, -0.2) is 0 Å². The van der Waals surface area contributed by atoms with Crippen LogP contribution in [0.5, 0.6) is 5.75 Å². The highest BCUT2D eigenvalue weighted by Gasteiger charge is 2.12. The molecule has 0 bridgehead atoms. The third kappa shape index (κ3) is 2.27. The van der Waals surface area contributed by atoms with Crippen molar-refractivity contribution in [2.45, 2.75) is 25.9 Å². The summed E-state index contributed by atoms with van der Waals surface area (Å²) in [6.07, 6.45) is 1.37. The molecule has 2 aromatic carbocycles. The van der Waals surface area contributed by atoms with E-state index in [9.17, 15) is 5.11 Å². The van der Waals surface area contributed by atoms with Crippen molar-refractivity contribution < 1.29 is 9.84 Å². The predicted octanol–water partition coefficient (Wildman–Crippen LogP) is 3.68. The molecule has 0 aliphatic rings. The molecule has 2 rings (SSSR count). The van der Waals surface area contributed by atoms with E-state index in [1.54, 1.807) is 7.11 Å². The molecule has 2 heteroatoms. The Morgan fingerprint density at radius 3 is 2.47 bits per heavy atom.